The van der Waals surface area contributed by atoms with Gasteiger partial charge in [0.1, 0.15) is 5.82 Å². The van der Waals surface area contributed by atoms with Crippen molar-refractivity contribution in [2.75, 3.05) is 5.32 Å². The number of carbonyl (C=O) groups excluding carboxylic acids is 1. The third-order valence-electron chi connectivity index (χ3n) is 2.88. The number of H-pyrrole nitrogens is 1. The second kappa shape index (κ2) is 5.12. The maximum absolute atomic E-state index is 11.7. The molecule has 20 heavy (non-hydrogen) atoms. The van der Waals surface area contributed by atoms with Gasteiger partial charge in [0, 0.05) is 17.2 Å². The standard InChI is InChI=1S/C16H21N3O/c1-10(2)8-14(20)17-11-6-7-12-13(9-11)19-15(18-12)16(3,4)5/h6-9H,1-5H3,(H,17,20)(H,18,19). The molecule has 4 heteroatoms. The predicted molar refractivity (Wildman–Crippen MR) is 82.9 cm³/mol. The molecule has 0 fully saturated rings. The molecular weight excluding hydrogens is 250 g/mol. The normalized spacial score (nSPS) is 11.4. The Morgan fingerprint density at radius 1 is 1.30 bits per heavy atom. The largest absolute Gasteiger partial charge is 0.341 e. The molecule has 0 radical (unpaired) electrons. The van der Waals surface area contributed by atoms with Crippen LogP contribution in [0.4, 0.5) is 5.69 Å². The lowest BCUT2D eigenvalue weighted by Crippen LogP contribution is -2.12. The Morgan fingerprint density at radius 2 is 2.00 bits per heavy atom. The number of allylic oxidation sites excluding steroid dienone is 1. The number of fused-ring (bicyclic) bond motifs is 1. The molecule has 4 nitrogen and oxygen atoms in total. The average Bonchev–Trinajstić information content (AvgIpc) is 2.70. The number of imidazole rings is 1. The van der Waals surface area contributed by atoms with E-state index >= 15 is 0 Å². The summed E-state index contributed by atoms with van der Waals surface area (Å²) in [6, 6.07) is 5.69. The number of anilines is 1. The highest BCUT2D eigenvalue weighted by Crippen LogP contribution is 2.24. The molecule has 0 aliphatic carbocycles. The molecule has 106 valence electrons. The number of rotatable bonds is 2. The van der Waals surface area contributed by atoms with Gasteiger partial charge in [-0.1, -0.05) is 26.3 Å². The monoisotopic (exact) mass is 271 g/mol. The highest BCUT2D eigenvalue weighted by atomic mass is 16.1. The second-order valence-corrected chi connectivity index (χ2v) is 6.28. The third-order valence-corrected chi connectivity index (χ3v) is 2.88. The van der Waals surface area contributed by atoms with Gasteiger partial charge in [-0.3, -0.25) is 4.79 Å². The van der Waals surface area contributed by atoms with Crippen molar-refractivity contribution >= 4 is 22.6 Å². The Morgan fingerprint density at radius 3 is 2.60 bits per heavy atom. The molecule has 0 spiro atoms. The van der Waals surface area contributed by atoms with E-state index in [0.717, 1.165) is 28.1 Å². The molecule has 2 aromatic rings. The van der Waals surface area contributed by atoms with E-state index in [2.05, 4.69) is 36.1 Å². The van der Waals surface area contributed by atoms with E-state index in [1.165, 1.54) is 0 Å². The SMILES string of the molecule is CC(C)=CC(=O)Nc1ccc2nc(C(C)(C)C)[nH]c2c1. The summed E-state index contributed by atoms with van der Waals surface area (Å²) < 4.78 is 0. The van der Waals surface area contributed by atoms with Crippen molar-refractivity contribution in [3.8, 4) is 0 Å². The van der Waals surface area contributed by atoms with Crippen LogP contribution in [-0.2, 0) is 10.2 Å². The molecule has 1 aromatic carbocycles. The number of aromatic amines is 1. The minimum atomic E-state index is -0.111. The van der Waals surface area contributed by atoms with Crippen LogP contribution < -0.4 is 5.32 Å². The molecule has 0 saturated carbocycles. The van der Waals surface area contributed by atoms with E-state index < -0.39 is 0 Å². The van der Waals surface area contributed by atoms with Crippen molar-refractivity contribution in [2.24, 2.45) is 0 Å². The first-order chi connectivity index (χ1) is 9.25. The number of nitrogens with zero attached hydrogens (tertiary/aromatic N) is 1. The fourth-order valence-electron chi connectivity index (χ4n) is 1.88. The highest BCUT2D eigenvalue weighted by Gasteiger charge is 2.18. The molecule has 0 aliphatic heterocycles. The fourth-order valence-corrected chi connectivity index (χ4v) is 1.88. The zero-order valence-corrected chi connectivity index (χ0v) is 12.7. The number of aromatic nitrogens is 2. The van der Waals surface area contributed by atoms with Gasteiger partial charge in [0.05, 0.1) is 11.0 Å². The van der Waals surface area contributed by atoms with Crippen molar-refractivity contribution in [1.82, 2.24) is 9.97 Å². The maximum atomic E-state index is 11.7. The quantitative estimate of drug-likeness (QED) is 0.817. The predicted octanol–water partition coefficient (Wildman–Crippen LogP) is 3.77. The molecule has 0 aliphatic rings. The van der Waals surface area contributed by atoms with Crippen molar-refractivity contribution < 1.29 is 4.79 Å². The summed E-state index contributed by atoms with van der Waals surface area (Å²) in [4.78, 5) is 19.6. The molecule has 2 N–H and O–H groups in total. The van der Waals surface area contributed by atoms with Crippen LogP contribution in [0.1, 0.15) is 40.4 Å². The van der Waals surface area contributed by atoms with Gasteiger partial charge < -0.3 is 10.3 Å². The third kappa shape index (κ3) is 3.26. The molecule has 1 heterocycles. The van der Waals surface area contributed by atoms with E-state index in [1.807, 2.05) is 32.0 Å². The second-order valence-electron chi connectivity index (χ2n) is 6.28. The Kier molecular flexibility index (Phi) is 3.66. The number of carbonyl (C=O) groups is 1. The molecule has 2 rings (SSSR count). The summed E-state index contributed by atoms with van der Waals surface area (Å²) in [5.74, 6) is 0.834. The zero-order chi connectivity index (χ0) is 14.9. The van der Waals surface area contributed by atoms with Gasteiger partial charge in [0.2, 0.25) is 5.91 Å². The van der Waals surface area contributed by atoms with Gasteiger partial charge in [-0.25, -0.2) is 4.98 Å². The van der Waals surface area contributed by atoms with Crippen LogP contribution in [0.5, 0.6) is 0 Å². The minimum absolute atomic E-state index is 0.0233. The average molecular weight is 271 g/mol. The molecular formula is C16H21N3O. The zero-order valence-electron chi connectivity index (χ0n) is 12.7. The van der Waals surface area contributed by atoms with Crippen LogP contribution >= 0.6 is 0 Å². The van der Waals surface area contributed by atoms with Crippen molar-refractivity contribution in [3.63, 3.8) is 0 Å². The van der Waals surface area contributed by atoms with Crippen LogP contribution in [0.2, 0.25) is 0 Å². The van der Waals surface area contributed by atoms with Crippen molar-refractivity contribution in [2.45, 2.75) is 40.0 Å². The summed E-state index contributed by atoms with van der Waals surface area (Å²) in [6.45, 7) is 10.1. The van der Waals surface area contributed by atoms with Gasteiger partial charge in [-0.05, 0) is 32.0 Å². The lowest BCUT2D eigenvalue weighted by atomic mass is 9.96. The Bertz CT molecular complexity index is 671. The first-order valence-electron chi connectivity index (χ1n) is 6.72. The van der Waals surface area contributed by atoms with E-state index in [-0.39, 0.29) is 11.3 Å². The number of hydrogen-bond donors (Lipinski definition) is 2. The first-order valence-corrected chi connectivity index (χ1v) is 6.72. The number of nitrogens with one attached hydrogen (secondary N) is 2. The van der Waals surface area contributed by atoms with E-state index in [1.54, 1.807) is 6.08 Å². The van der Waals surface area contributed by atoms with Gasteiger partial charge in [0.15, 0.2) is 0 Å². The van der Waals surface area contributed by atoms with Crippen molar-refractivity contribution in [1.29, 1.82) is 0 Å². The maximum Gasteiger partial charge on any atom is 0.248 e. The van der Waals surface area contributed by atoms with Crippen LogP contribution in [0.25, 0.3) is 11.0 Å². The first kappa shape index (κ1) is 14.3. The summed E-state index contributed by atoms with van der Waals surface area (Å²) in [5, 5.41) is 2.85. The lowest BCUT2D eigenvalue weighted by molar-refractivity contribution is -0.111. The molecule has 1 aromatic heterocycles. The van der Waals surface area contributed by atoms with E-state index in [9.17, 15) is 4.79 Å². The number of amides is 1. The summed E-state index contributed by atoms with van der Waals surface area (Å²) in [7, 11) is 0. The van der Waals surface area contributed by atoms with Gasteiger partial charge in [-0.2, -0.15) is 0 Å². The molecule has 0 saturated heterocycles. The Labute approximate surface area is 119 Å². The Balaban J connectivity index is 2.30. The summed E-state index contributed by atoms with van der Waals surface area (Å²) in [6.07, 6.45) is 1.58. The van der Waals surface area contributed by atoms with Crippen LogP contribution in [-0.4, -0.2) is 15.9 Å². The van der Waals surface area contributed by atoms with Crippen LogP contribution in [0.15, 0.2) is 29.8 Å². The fraction of sp³-hybridized carbons (Fsp3) is 0.375. The summed E-state index contributed by atoms with van der Waals surface area (Å²) >= 11 is 0. The topological polar surface area (TPSA) is 57.8 Å². The van der Waals surface area contributed by atoms with E-state index in [0.29, 0.717) is 0 Å². The number of hydrogen-bond acceptors (Lipinski definition) is 2. The van der Waals surface area contributed by atoms with E-state index in [4.69, 9.17) is 0 Å². The molecule has 0 unspecified atom stereocenters. The van der Waals surface area contributed by atoms with Crippen LogP contribution in [0, 0.1) is 0 Å². The van der Waals surface area contributed by atoms with Gasteiger partial charge in [0.25, 0.3) is 0 Å². The molecule has 0 bridgehead atoms. The summed E-state index contributed by atoms with van der Waals surface area (Å²) in [5.41, 5.74) is 3.56. The number of benzene rings is 1. The van der Waals surface area contributed by atoms with Gasteiger partial charge >= 0.3 is 0 Å². The Hall–Kier alpha value is -2.10. The minimum Gasteiger partial charge on any atom is -0.341 e. The molecule has 0 atom stereocenters. The van der Waals surface area contributed by atoms with Crippen LogP contribution in [0.3, 0.4) is 0 Å². The van der Waals surface area contributed by atoms with Crippen molar-refractivity contribution in [3.05, 3.63) is 35.7 Å². The lowest BCUT2D eigenvalue weighted by Gasteiger charge is -2.13. The molecule has 1 amide bonds. The van der Waals surface area contributed by atoms with Gasteiger partial charge in [-0.15, -0.1) is 0 Å². The highest BCUT2D eigenvalue weighted by molar-refractivity contribution is 6.00. The smallest absolute Gasteiger partial charge is 0.248 e.